The van der Waals surface area contributed by atoms with Gasteiger partial charge in [0.25, 0.3) is 15.9 Å². The zero-order chi connectivity index (χ0) is 20.2. The van der Waals surface area contributed by atoms with Crippen LogP contribution in [0, 0.1) is 11.3 Å². The SMILES string of the molecule is CC(Oc1cccc(C#N)c1)C(=O)NS(=O)(=O)c1ccc(C(F)(F)F)cc1. The zero-order valence-electron chi connectivity index (χ0n) is 13.8. The van der Waals surface area contributed by atoms with Crippen LogP contribution in [0.1, 0.15) is 18.1 Å². The van der Waals surface area contributed by atoms with Crippen LogP contribution in [0.2, 0.25) is 0 Å². The molecular formula is C17H13F3N2O4S. The van der Waals surface area contributed by atoms with Crippen molar-refractivity contribution in [2.75, 3.05) is 0 Å². The summed E-state index contributed by atoms with van der Waals surface area (Å²) in [7, 11) is -4.37. The van der Waals surface area contributed by atoms with Crippen LogP contribution < -0.4 is 9.46 Å². The largest absolute Gasteiger partial charge is 0.481 e. The van der Waals surface area contributed by atoms with Crippen LogP contribution in [0.15, 0.2) is 53.4 Å². The van der Waals surface area contributed by atoms with Gasteiger partial charge in [-0.1, -0.05) is 6.07 Å². The molecule has 0 saturated heterocycles. The highest BCUT2D eigenvalue weighted by atomic mass is 32.2. The summed E-state index contributed by atoms with van der Waals surface area (Å²) in [5.41, 5.74) is -0.723. The van der Waals surface area contributed by atoms with E-state index in [0.29, 0.717) is 12.1 Å². The Balaban J connectivity index is 2.09. The van der Waals surface area contributed by atoms with Gasteiger partial charge in [0, 0.05) is 0 Å². The first kappa shape index (κ1) is 20.3. The Morgan fingerprint density at radius 1 is 1.19 bits per heavy atom. The molecule has 142 valence electrons. The summed E-state index contributed by atoms with van der Waals surface area (Å²) in [6.07, 6.45) is -5.84. The van der Waals surface area contributed by atoms with E-state index in [1.165, 1.54) is 31.2 Å². The fourth-order valence-corrected chi connectivity index (χ4v) is 3.04. The first-order chi connectivity index (χ1) is 12.5. The van der Waals surface area contributed by atoms with Crippen molar-refractivity contribution in [3.05, 3.63) is 59.7 Å². The van der Waals surface area contributed by atoms with Crippen LogP contribution in [0.4, 0.5) is 13.2 Å². The number of ether oxygens (including phenoxy) is 1. The van der Waals surface area contributed by atoms with E-state index in [0.717, 1.165) is 12.1 Å². The van der Waals surface area contributed by atoms with Gasteiger partial charge in [-0.3, -0.25) is 4.79 Å². The number of hydrogen-bond donors (Lipinski definition) is 1. The molecule has 0 aliphatic rings. The van der Waals surface area contributed by atoms with Crippen molar-refractivity contribution in [3.63, 3.8) is 0 Å². The Labute approximate surface area is 153 Å². The van der Waals surface area contributed by atoms with Gasteiger partial charge in [0.2, 0.25) is 0 Å². The molecule has 2 aromatic rings. The molecular weight excluding hydrogens is 385 g/mol. The number of rotatable bonds is 5. The van der Waals surface area contributed by atoms with E-state index < -0.39 is 38.7 Å². The fraction of sp³-hybridized carbons (Fsp3) is 0.176. The number of nitriles is 1. The second kappa shape index (κ2) is 7.67. The number of halogens is 3. The van der Waals surface area contributed by atoms with Crippen molar-refractivity contribution in [1.29, 1.82) is 5.26 Å². The minimum absolute atomic E-state index is 0.184. The lowest BCUT2D eigenvalue weighted by molar-refractivity contribution is -0.137. The lowest BCUT2D eigenvalue weighted by Crippen LogP contribution is -2.40. The van der Waals surface area contributed by atoms with Gasteiger partial charge in [-0.15, -0.1) is 0 Å². The van der Waals surface area contributed by atoms with Gasteiger partial charge in [-0.05, 0) is 49.4 Å². The molecule has 1 unspecified atom stereocenters. The number of benzene rings is 2. The lowest BCUT2D eigenvalue weighted by Gasteiger charge is -2.15. The number of carbonyl (C=O) groups excluding carboxylic acids is 1. The molecule has 6 nitrogen and oxygen atoms in total. The molecule has 1 N–H and O–H groups in total. The highest BCUT2D eigenvalue weighted by Gasteiger charge is 2.31. The summed E-state index contributed by atoms with van der Waals surface area (Å²) in [4.78, 5) is 11.6. The number of amides is 1. The average Bonchev–Trinajstić information content (AvgIpc) is 2.61. The van der Waals surface area contributed by atoms with Crippen molar-refractivity contribution in [3.8, 4) is 11.8 Å². The van der Waals surface area contributed by atoms with Crippen LogP contribution in [0.25, 0.3) is 0 Å². The van der Waals surface area contributed by atoms with E-state index in [9.17, 15) is 26.4 Å². The molecule has 10 heteroatoms. The number of nitrogens with zero attached hydrogens (tertiary/aromatic N) is 1. The van der Waals surface area contributed by atoms with Gasteiger partial charge in [0.15, 0.2) is 6.10 Å². The Hall–Kier alpha value is -3.06. The maximum Gasteiger partial charge on any atom is 0.416 e. The third kappa shape index (κ3) is 5.21. The molecule has 0 bridgehead atoms. The highest BCUT2D eigenvalue weighted by Crippen LogP contribution is 2.29. The number of nitrogens with one attached hydrogen (secondary N) is 1. The topological polar surface area (TPSA) is 96.3 Å². The zero-order valence-corrected chi connectivity index (χ0v) is 14.6. The van der Waals surface area contributed by atoms with E-state index >= 15 is 0 Å². The van der Waals surface area contributed by atoms with Crippen molar-refractivity contribution < 1.29 is 31.1 Å². The Kier molecular flexibility index (Phi) is 5.75. The lowest BCUT2D eigenvalue weighted by atomic mass is 10.2. The Morgan fingerprint density at radius 2 is 1.81 bits per heavy atom. The number of carbonyl (C=O) groups is 1. The Bertz CT molecular complexity index is 980. The predicted molar refractivity (Wildman–Crippen MR) is 88.0 cm³/mol. The molecule has 0 spiro atoms. The van der Waals surface area contributed by atoms with E-state index in [1.54, 1.807) is 4.72 Å². The minimum atomic E-state index is -4.61. The summed E-state index contributed by atoms with van der Waals surface area (Å²) in [5, 5.41) is 8.82. The predicted octanol–water partition coefficient (Wildman–Crippen LogP) is 2.85. The number of hydrogen-bond acceptors (Lipinski definition) is 5. The van der Waals surface area contributed by atoms with Crippen molar-refractivity contribution in [1.82, 2.24) is 4.72 Å². The molecule has 0 saturated carbocycles. The summed E-state index contributed by atoms with van der Waals surface area (Å²) in [6, 6.07) is 10.5. The number of alkyl halides is 3. The van der Waals surface area contributed by atoms with Crippen LogP contribution >= 0.6 is 0 Å². The maximum absolute atomic E-state index is 12.5. The molecule has 1 atom stereocenters. The number of sulfonamides is 1. The second-order valence-corrected chi connectivity index (χ2v) is 7.07. The standard InChI is InChI=1S/C17H13F3N2O4S/c1-11(26-14-4-2-3-12(9-14)10-21)16(23)22-27(24,25)15-7-5-13(6-8-15)17(18,19)20/h2-9,11H,1H3,(H,22,23). The van der Waals surface area contributed by atoms with Gasteiger partial charge in [0.05, 0.1) is 22.1 Å². The van der Waals surface area contributed by atoms with E-state index in [2.05, 4.69) is 0 Å². The third-order valence-corrected chi connectivity index (χ3v) is 4.73. The van der Waals surface area contributed by atoms with Gasteiger partial charge in [0.1, 0.15) is 5.75 Å². The molecule has 27 heavy (non-hydrogen) atoms. The first-order valence-electron chi connectivity index (χ1n) is 7.43. The molecule has 0 fully saturated rings. The maximum atomic E-state index is 12.5. The van der Waals surface area contributed by atoms with Crippen molar-refractivity contribution >= 4 is 15.9 Å². The van der Waals surface area contributed by atoms with E-state index in [-0.39, 0.29) is 11.3 Å². The van der Waals surface area contributed by atoms with Gasteiger partial charge in [-0.2, -0.15) is 18.4 Å². The molecule has 0 radical (unpaired) electrons. The summed E-state index contributed by atoms with van der Waals surface area (Å²) in [6.45, 7) is 1.29. The third-order valence-electron chi connectivity index (χ3n) is 3.37. The monoisotopic (exact) mass is 398 g/mol. The summed E-state index contributed by atoms with van der Waals surface area (Å²) in [5.74, 6) is -0.833. The van der Waals surface area contributed by atoms with E-state index in [1.807, 2.05) is 6.07 Å². The molecule has 0 heterocycles. The quantitative estimate of drug-likeness (QED) is 0.836. The summed E-state index contributed by atoms with van der Waals surface area (Å²) >= 11 is 0. The van der Waals surface area contributed by atoms with Crippen molar-refractivity contribution in [2.45, 2.75) is 24.1 Å². The van der Waals surface area contributed by atoms with Crippen LogP contribution in [0.3, 0.4) is 0 Å². The van der Waals surface area contributed by atoms with Crippen molar-refractivity contribution in [2.24, 2.45) is 0 Å². The van der Waals surface area contributed by atoms with Crippen LogP contribution in [-0.2, 0) is 21.0 Å². The minimum Gasteiger partial charge on any atom is -0.481 e. The second-order valence-electron chi connectivity index (χ2n) is 5.39. The molecule has 1 amide bonds. The van der Waals surface area contributed by atoms with Crippen LogP contribution in [0.5, 0.6) is 5.75 Å². The van der Waals surface area contributed by atoms with Crippen LogP contribution in [-0.4, -0.2) is 20.4 Å². The first-order valence-corrected chi connectivity index (χ1v) is 8.92. The van der Waals surface area contributed by atoms with Gasteiger partial charge < -0.3 is 4.74 Å². The average molecular weight is 398 g/mol. The van der Waals surface area contributed by atoms with Gasteiger partial charge in [-0.25, -0.2) is 13.1 Å². The molecule has 2 aromatic carbocycles. The molecule has 0 aliphatic heterocycles. The highest BCUT2D eigenvalue weighted by molar-refractivity contribution is 7.90. The Morgan fingerprint density at radius 3 is 2.37 bits per heavy atom. The van der Waals surface area contributed by atoms with Gasteiger partial charge >= 0.3 is 6.18 Å². The summed E-state index contributed by atoms with van der Waals surface area (Å²) < 4.78 is 68.9. The molecule has 0 aliphatic carbocycles. The fourth-order valence-electron chi connectivity index (χ4n) is 1.99. The molecule has 0 aromatic heterocycles. The normalized spacial score (nSPS) is 12.7. The molecule has 2 rings (SSSR count). The smallest absolute Gasteiger partial charge is 0.416 e. The van der Waals surface area contributed by atoms with E-state index in [4.69, 9.17) is 10.00 Å².